The van der Waals surface area contributed by atoms with Gasteiger partial charge in [0, 0.05) is 20.0 Å². The van der Waals surface area contributed by atoms with E-state index in [0.29, 0.717) is 6.54 Å². The normalized spacial score (nSPS) is 12.8. The second kappa shape index (κ2) is 4.28. The van der Waals surface area contributed by atoms with Crippen LogP contribution in [-0.2, 0) is 4.79 Å². The van der Waals surface area contributed by atoms with Gasteiger partial charge in [-0.25, -0.2) is 0 Å². The third kappa shape index (κ3) is 2.82. The van der Waals surface area contributed by atoms with Crippen molar-refractivity contribution in [1.29, 1.82) is 0 Å². The Bertz CT molecular complexity index is 114. The van der Waals surface area contributed by atoms with Crippen LogP contribution in [0.4, 0.5) is 0 Å². The molecule has 1 amide bonds. The standard InChI is InChI=1S/C7H16N2O/c1-6(4-5-8)9(3)7(2)10/h6H,4-5,8H2,1-3H3. The number of rotatable bonds is 3. The molecular formula is C7H16N2O. The summed E-state index contributed by atoms with van der Waals surface area (Å²) >= 11 is 0. The van der Waals surface area contributed by atoms with Gasteiger partial charge in [-0.1, -0.05) is 0 Å². The zero-order valence-electron chi connectivity index (χ0n) is 6.92. The second-order valence-corrected chi connectivity index (χ2v) is 2.56. The maximum atomic E-state index is 10.7. The first-order valence-electron chi connectivity index (χ1n) is 3.53. The third-order valence-electron chi connectivity index (χ3n) is 1.74. The van der Waals surface area contributed by atoms with E-state index in [-0.39, 0.29) is 11.9 Å². The highest BCUT2D eigenvalue weighted by Gasteiger charge is 2.09. The Balaban J connectivity index is 3.69. The molecule has 0 aliphatic heterocycles. The van der Waals surface area contributed by atoms with Crippen LogP contribution in [0.3, 0.4) is 0 Å². The van der Waals surface area contributed by atoms with E-state index < -0.39 is 0 Å². The average Bonchev–Trinajstić information content (AvgIpc) is 1.87. The molecule has 1 atom stereocenters. The molecule has 0 fully saturated rings. The molecule has 0 aliphatic rings. The summed E-state index contributed by atoms with van der Waals surface area (Å²) in [5.41, 5.74) is 5.33. The maximum absolute atomic E-state index is 10.7. The summed E-state index contributed by atoms with van der Waals surface area (Å²) in [6.07, 6.45) is 0.871. The molecule has 1 unspecified atom stereocenters. The number of hydrogen-bond donors (Lipinski definition) is 1. The molecule has 10 heavy (non-hydrogen) atoms. The fraction of sp³-hybridized carbons (Fsp3) is 0.857. The van der Waals surface area contributed by atoms with Gasteiger partial charge in [-0.15, -0.1) is 0 Å². The lowest BCUT2D eigenvalue weighted by Crippen LogP contribution is -2.34. The van der Waals surface area contributed by atoms with Crippen molar-refractivity contribution < 1.29 is 4.79 Å². The van der Waals surface area contributed by atoms with E-state index in [2.05, 4.69) is 0 Å². The van der Waals surface area contributed by atoms with Gasteiger partial charge in [0.05, 0.1) is 0 Å². The topological polar surface area (TPSA) is 46.3 Å². The van der Waals surface area contributed by atoms with Crippen LogP contribution in [0.2, 0.25) is 0 Å². The van der Waals surface area contributed by atoms with E-state index in [4.69, 9.17) is 5.73 Å². The van der Waals surface area contributed by atoms with Crippen molar-refractivity contribution in [3.8, 4) is 0 Å². The van der Waals surface area contributed by atoms with Gasteiger partial charge in [0.15, 0.2) is 0 Å². The van der Waals surface area contributed by atoms with Crippen LogP contribution < -0.4 is 5.73 Å². The minimum atomic E-state index is 0.0981. The van der Waals surface area contributed by atoms with Gasteiger partial charge in [-0.2, -0.15) is 0 Å². The molecule has 3 nitrogen and oxygen atoms in total. The van der Waals surface area contributed by atoms with Gasteiger partial charge in [0.2, 0.25) is 5.91 Å². The van der Waals surface area contributed by atoms with Crippen molar-refractivity contribution in [3.05, 3.63) is 0 Å². The molecule has 0 rings (SSSR count). The van der Waals surface area contributed by atoms with Crippen molar-refractivity contribution in [2.45, 2.75) is 26.3 Å². The molecule has 0 aromatic carbocycles. The van der Waals surface area contributed by atoms with Crippen molar-refractivity contribution in [2.75, 3.05) is 13.6 Å². The first-order chi connectivity index (χ1) is 4.59. The number of nitrogens with two attached hydrogens (primary N) is 1. The molecule has 0 saturated carbocycles. The Morgan fingerprint density at radius 1 is 1.70 bits per heavy atom. The highest BCUT2D eigenvalue weighted by molar-refractivity contribution is 5.73. The predicted octanol–water partition coefficient (Wildman–Crippen LogP) is 0.202. The molecule has 0 aromatic rings. The maximum Gasteiger partial charge on any atom is 0.219 e. The lowest BCUT2D eigenvalue weighted by molar-refractivity contribution is -0.129. The van der Waals surface area contributed by atoms with Crippen molar-refractivity contribution in [2.24, 2.45) is 5.73 Å². The minimum absolute atomic E-state index is 0.0981. The van der Waals surface area contributed by atoms with Gasteiger partial charge in [-0.05, 0) is 19.9 Å². The number of nitrogens with zero attached hydrogens (tertiary/aromatic N) is 1. The summed E-state index contributed by atoms with van der Waals surface area (Å²) in [7, 11) is 1.79. The fourth-order valence-electron chi connectivity index (χ4n) is 0.745. The zero-order chi connectivity index (χ0) is 8.15. The summed E-state index contributed by atoms with van der Waals surface area (Å²) in [6.45, 7) is 4.19. The van der Waals surface area contributed by atoms with E-state index in [0.717, 1.165) is 6.42 Å². The zero-order valence-corrected chi connectivity index (χ0v) is 6.92. The highest BCUT2D eigenvalue weighted by Crippen LogP contribution is 1.98. The van der Waals surface area contributed by atoms with Crippen LogP contribution in [0.1, 0.15) is 20.3 Å². The first-order valence-corrected chi connectivity index (χ1v) is 3.53. The largest absolute Gasteiger partial charge is 0.343 e. The Labute approximate surface area is 62.2 Å². The van der Waals surface area contributed by atoms with Gasteiger partial charge in [0.1, 0.15) is 0 Å². The molecule has 2 N–H and O–H groups in total. The van der Waals surface area contributed by atoms with Crippen molar-refractivity contribution in [3.63, 3.8) is 0 Å². The molecular weight excluding hydrogens is 128 g/mol. The smallest absolute Gasteiger partial charge is 0.219 e. The minimum Gasteiger partial charge on any atom is -0.343 e. The SMILES string of the molecule is CC(=O)N(C)C(C)CCN. The fourth-order valence-corrected chi connectivity index (χ4v) is 0.745. The molecule has 60 valence electrons. The van der Waals surface area contributed by atoms with Crippen LogP contribution in [-0.4, -0.2) is 30.4 Å². The van der Waals surface area contributed by atoms with Crippen LogP contribution in [0.25, 0.3) is 0 Å². The van der Waals surface area contributed by atoms with E-state index >= 15 is 0 Å². The third-order valence-corrected chi connectivity index (χ3v) is 1.74. The van der Waals surface area contributed by atoms with Gasteiger partial charge in [0.25, 0.3) is 0 Å². The summed E-state index contributed by atoms with van der Waals surface area (Å²) in [6, 6.07) is 0.266. The molecule has 0 aliphatic carbocycles. The molecule has 0 aromatic heterocycles. The Morgan fingerprint density at radius 2 is 2.20 bits per heavy atom. The number of carbonyl (C=O) groups is 1. The first kappa shape index (κ1) is 9.43. The van der Waals surface area contributed by atoms with E-state index in [1.807, 2.05) is 6.92 Å². The summed E-state index contributed by atoms with van der Waals surface area (Å²) in [5, 5.41) is 0. The Kier molecular flexibility index (Phi) is 4.03. The summed E-state index contributed by atoms with van der Waals surface area (Å²) in [5.74, 6) is 0.0981. The average molecular weight is 144 g/mol. The van der Waals surface area contributed by atoms with E-state index in [1.54, 1.807) is 18.9 Å². The number of hydrogen-bond acceptors (Lipinski definition) is 2. The van der Waals surface area contributed by atoms with E-state index in [1.165, 1.54) is 0 Å². The molecule has 0 saturated heterocycles. The quantitative estimate of drug-likeness (QED) is 0.615. The summed E-state index contributed by atoms with van der Waals surface area (Å²) < 4.78 is 0. The monoisotopic (exact) mass is 144 g/mol. The van der Waals surface area contributed by atoms with Gasteiger partial charge in [-0.3, -0.25) is 4.79 Å². The lowest BCUT2D eigenvalue weighted by atomic mass is 10.2. The molecule has 0 spiro atoms. The summed E-state index contributed by atoms with van der Waals surface area (Å²) in [4.78, 5) is 12.4. The Morgan fingerprint density at radius 3 is 2.50 bits per heavy atom. The highest BCUT2D eigenvalue weighted by atomic mass is 16.2. The molecule has 3 heteroatoms. The van der Waals surface area contributed by atoms with Crippen LogP contribution in [0.5, 0.6) is 0 Å². The van der Waals surface area contributed by atoms with Gasteiger partial charge < -0.3 is 10.6 Å². The number of carbonyl (C=O) groups excluding carboxylic acids is 1. The molecule has 0 radical (unpaired) electrons. The van der Waals surface area contributed by atoms with E-state index in [9.17, 15) is 4.79 Å². The van der Waals surface area contributed by atoms with Crippen LogP contribution in [0.15, 0.2) is 0 Å². The predicted molar refractivity (Wildman–Crippen MR) is 41.6 cm³/mol. The molecule has 0 heterocycles. The molecule has 0 bridgehead atoms. The lowest BCUT2D eigenvalue weighted by Gasteiger charge is -2.22. The van der Waals surface area contributed by atoms with Crippen molar-refractivity contribution in [1.82, 2.24) is 4.90 Å². The Hall–Kier alpha value is -0.570. The van der Waals surface area contributed by atoms with Gasteiger partial charge >= 0.3 is 0 Å². The number of amides is 1. The second-order valence-electron chi connectivity index (χ2n) is 2.56. The van der Waals surface area contributed by atoms with Crippen LogP contribution >= 0.6 is 0 Å². The van der Waals surface area contributed by atoms with Crippen LogP contribution in [0, 0.1) is 0 Å². The van der Waals surface area contributed by atoms with Crippen molar-refractivity contribution >= 4 is 5.91 Å².